The molecule has 2 fully saturated rings. The Hall–Kier alpha value is -1.30. The molecule has 2 heterocycles. The number of anilines is 2. The fourth-order valence-electron chi connectivity index (χ4n) is 2.86. The number of hydrogen-bond acceptors (Lipinski definition) is 4. The molecule has 5 nitrogen and oxygen atoms in total. The molecule has 2 bridgehead atoms. The molecule has 2 aliphatic heterocycles. The molecule has 2 atom stereocenters. The smallest absolute Gasteiger partial charge is 0.238 e. The highest BCUT2D eigenvalue weighted by molar-refractivity contribution is 6.31. The molecular weight excluding hydrogens is 278 g/mol. The van der Waals surface area contributed by atoms with Gasteiger partial charge in [0.2, 0.25) is 5.91 Å². The van der Waals surface area contributed by atoms with E-state index in [-0.39, 0.29) is 18.1 Å². The predicted molar refractivity (Wildman–Crippen MR) is 78.8 cm³/mol. The van der Waals surface area contributed by atoms with Crippen molar-refractivity contribution in [3.8, 4) is 0 Å². The number of carbonyl (C=O) groups excluding carboxylic acids is 1. The van der Waals surface area contributed by atoms with Crippen LogP contribution in [0.2, 0.25) is 5.02 Å². The molecule has 2 saturated heterocycles. The Morgan fingerprint density at radius 2 is 2.10 bits per heavy atom. The van der Waals surface area contributed by atoms with Crippen molar-refractivity contribution in [1.29, 1.82) is 0 Å². The highest BCUT2D eigenvalue weighted by Gasteiger charge is 2.34. The van der Waals surface area contributed by atoms with E-state index in [1.54, 1.807) is 18.2 Å². The van der Waals surface area contributed by atoms with Crippen molar-refractivity contribution >= 4 is 28.9 Å². The van der Waals surface area contributed by atoms with Crippen LogP contribution in [-0.4, -0.2) is 42.6 Å². The fraction of sp³-hybridized carbons (Fsp3) is 0.500. The summed E-state index contributed by atoms with van der Waals surface area (Å²) in [7, 11) is 0. The SMILES string of the molecule is Nc1ccc(Cl)cc1NC(=O)CN1CC2CCC(C1)O2. The summed E-state index contributed by atoms with van der Waals surface area (Å²) in [6.45, 7) is 2.02. The number of nitrogen functional groups attached to an aromatic ring is 1. The van der Waals surface area contributed by atoms with Gasteiger partial charge in [0.05, 0.1) is 30.1 Å². The van der Waals surface area contributed by atoms with Crippen LogP contribution < -0.4 is 11.1 Å². The fourth-order valence-corrected chi connectivity index (χ4v) is 3.03. The Balaban J connectivity index is 1.58. The Bertz CT molecular complexity index is 511. The number of carbonyl (C=O) groups is 1. The molecule has 108 valence electrons. The molecule has 1 aromatic rings. The second-order valence-corrected chi connectivity index (χ2v) is 5.87. The third-order valence-electron chi connectivity index (χ3n) is 3.78. The standard InChI is InChI=1S/C14H18ClN3O2/c15-9-1-4-12(16)13(5-9)17-14(19)8-18-6-10-2-3-11(7-18)20-10/h1,4-5,10-11H,2-3,6-8,16H2,(H,17,19). The minimum Gasteiger partial charge on any atom is -0.397 e. The summed E-state index contributed by atoms with van der Waals surface area (Å²) in [6.07, 6.45) is 2.78. The molecule has 0 radical (unpaired) electrons. The summed E-state index contributed by atoms with van der Waals surface area (Å²) >= 11 is 5.90. The average Bonchev–Trinajstić information content (AvgIpc) is 2.73. The highest BCUT2D eigenvalue weighted by atomic mass is 35.5. The molecule has 2 unspecified atom stereocenters. The van der Waals surface area contributed by atoms with Crippen molar-refractivity contribution in [3.05, 3.63) is 23.2 Å². The summed E-state index contributed by atoms with van der Waals surface area (Å²) in [5.74, 6) is -0.0692. The lowest BCUT2D eigenvalue weighted by molar-refractivity contribution is -0.119. The van der Waals surface area contributed by atoms with Gasteiger partial charge in [-0.3, -0.25) is 9.69 Å². The van der Waals surface area contributed by atoms with E-state index in [9.17, 15) is 4.79 Å². The number of benzene rings is 1. The molecule has 0 saturated carbocycles. The number of likely N-dealkylation sites (tertiary alicyclic amines) is 1. The second-order valence-electron chi connectivity index (χ2n) is 5.43. The van der Waals surface area contributed by atoms with Crippen molar-refractivity contribution in [2.75, 3.05) is 30.7 Å². The number of hydrogen-bond donors (Lipinski definition) is 2. The van der Waals surface area contributed by atoms with Crippen molar-refractivity contribution < 1.29 is 9.53 Å². The van der Waals surface area contributed by atoms with Crippen LogP contribution in [0.4, 0.5) is 11.4 Å². The first-order valence-electron chi connectivity index (χ1n) is 6.83. The number of ether oxygens (including phenoxy) is 1. The van der Waals surface area contributed by atoms with Gasteiger partial charge in [-0.1, -0.05) is 11.6 Å². The largest absolute Gasteiger partial charge is 0.397 e. The Morgan fingerprint density at radius 1 is 1.40 bits per heavy atom. The van der Waals surface area contributed by atoms with Crippen molar-refractivity contribution in [2.24, 2.45) is 0 Å². The van der Waals surface area contributed by atoms with Crippen LogP contribution >= 0.6 is 11.6 Å². The number of fused-ring (bicyclic) bond motifs is 2. The topological polar surface area (TPSA) is 67.6 Å². The van der Waals surface area contributed by atoms with E-state index in [2.05, 4.69) is 10.2 Å². The number of halogens is 1. The molecule has 3 rings (SSSR count). The van der Waals surface area contributed by atoms with E-state index in [0.29, 0.717) is 22.9 Å². The lowest BCUT2D eigenvalue weighted by Gasteiger charge is -2.31. The molecule has 3 N–H and O–H groups in total. The maximum atomic E-state index is 12.1. The molecule has 2 aliphatic rings. The number of nitrogens with two attached hydrogens (primary N) is 1. The van der Waals surface area contributed by atoms with Gasteiger partial charge in [0.1, 0.15) is 0 Å². The maximum absolute atomic E-state index is 12.1. The molecule has 20 heavy (non-hydrogen) atoms. The summed E-state index contributed by atoms with van der Waals surface area (Å²) in [4.78, 5) is 14.2. The number of amides is 1. The van der Waals surface area contributed by atoms with Crippen LogP contribution in [0.25, 0.3) is 0 Å². The predicted octanol–water partition coefficient (Wildman–Crippen LogP) is 1.72. The first-order valence-corrected chi connectivity index (χ1v) is 7.20. The minimum atomic E-state index is -0.0692. The van der Waals surface area contributed by atoms with Gasteiger partial charge >= 0.3 is 0 Å². The average molecular weight is 296 g/mol. The van der Waals surface area contributed by atoms with Gasteiger partial charge in [0, 0.05) is 18.1 Å². The van der Waals surface area contributed by atoms with Gasteiger partial charge < -0.3 is 15.8 Å². The second kappa shape index (κ2) is 5.60. The highest BCUT2D eigenvalue weighted by Crippen LogP contribution is 2.26. The zero-order valence-electron chi connectivity index (χ0n) is 11.1. The van der Waals surface area contributed by atoms with E-state index >= 15 is 0 Å². The van der Waals surface area contributed by atoms with E-state index < -0.39 is 0 Å². The Morgan fingerprint density at radius 3 is 2.80 bits per heavy atom. The van der Waals surface area contributed by atoms with Gasteiger partial charge in [-0.15, -0.1) is 0 Å². The lowest BCUT2D eigenvalue weighted by atomic mass is 10.2. The zero-order chi connectivity index (χ0) is 14.1. The lowest BCUT2D eigenvalue weighted by Crippen LogP contribution is -2.45. The third kappa shape index (κ3) is 3.06. The number of nitrogens with one attached hydrogen (secondary N) is 1. The van der Waals surface area contributed by atoms with Crippen molar-refractivity contribution in [2.45, 2.75) is 25.0 Å². The van der Waals surface area contributed by atoms with Crippen molar-refractivity contribution in [1.82, 2.24) is 4.90 Å². The molecule has 0 aliphatic carbocycles. The van der Waals surface area contributed by atoms with Gasteiger partial charge in [0.15, 0.2) is 0 Å². The van der Waals surface area contributed by atoms with Gasteiger partial charge in [-0.05, 0) is 31.0 Å². The van der Waals surface area contributed by atoms with E-state index in [1.807, 2.05) is 0 Å². The van der Waals surface area contributed by atoms with Gasteiger partial charge in [-0.2, -0.15) is 0 Å². The van der Waals surface area contributed by atoms with Gasteiger partial charge in [0.25, 0.3) is 0 Å². The first-order chi connectivity index (χ1) is 9.60. The minimum absolute atomic E-state index is 0.0692. The van der Waals surface area contributed by atoms with Crippen LogP contribution in [0.5, 0.6) is 0 Å². The van der Waals surface area contributed by atoms with Crippen LogP contribution in [0.3, 0.4) is 0 Å². The molecular formula is C14H18ClN3O2. The van der Waals surface area contributed by atoms with E-state index in [0.717, 1.165) is 25.9 Å². The third-order valence-corrected chi connectivity index (χ3v) is 4.01. The van der Waals surface area contributed by atoms with Crippen LogP contribution in [-0.2, 0) is 9.53 Å². The van der Waals surface area contributed by atoms with E-state index in [1.165, 1.54) is 0 Å². The Kier molecular flexibility index (Phi) is 3.83. The quantitative estimate of drug-likeness (QED) is 0.833. The van der Waals surface area contributed by atoms with E-state index in [4.69, 9.17) is 22.1 Å². The van der Waals surface area contributed by atoms with Gasteiger partial charge in [-0.25, -0.2) is 0 Å². The summed E-state index contributed by atoms with van der Waals surface area (Å²) in [6, 6.07) is 5.05. The zero-order valence-corrected chi connectivity index (χ0v) is 11.9. The number of nitrogens with zero attached hydrogens (tertiary/aromatic N) is 1. The molecule has 0 spiro atoms. The monoisotopic (exact) mass is 295 g/mol. The molecule has 1 aromatic carbocycles. The maximum Gasteiger partial charge on any atom is 0.238 e. The van der Waals surface area contributed by atoms with Crippen molar-refractivity contribution in [3.63, 3.8) is 0 Å². The molecule has 0 aromatic heterocycles. The first kappa shape index (κ1) is 13.7. The van der Waals surface area contributed by atoms with Crippen LogP contribution in [0, 0.1) is 0 Å². The molecule has 6 heteroatoms. The summed E-state index contributed by atoms with van der Waals surface area (Å²) in [5.41, 5.74) is 6.90. The number of rotatable bonds is 3. The van der Waals surface area contributed by atoms with Crippen LogP contribution in [0.15, 0.2) is 18.2 Å². The Labute approximate surface area is 123 Å². The van der Waals surface area contributed by atoms with Crippen LogP contribution in [0.1, 0.15) is 12.8 Å². The number of morpholine rings is 1. The summed E-state index contributed by atoms with van der Waals surface area (Å²) in [5, 5.41) is 3.37. The normalized spacial score (nSPS) is 25.6. The summed E-state index contributed by atoms with van der Waals surface area (Å²) < 4.78 is 5.75. The molecule has 1 amide bonds.